The van der Waals surface area contributed by atoms with Crippen molar-refractivity contribution in [3.8, 4) is 0 Å². The van der Waals surface area contributed by atoms with Gasteiger partial charge in [0.05, 0.1) is 0 Å². The lowest BCUT2D eigenvalue weighted by atomic mass is 10.9. The first kappa shape index (κ1) is 23.2. The average Bonchev–Trinajstić information content (AvgIpc) is 1.81. The van der Waals surface area contributed by atoms with Crippen LogP contribution in [0.15, 0.2) is 0 Å². The number of carbonyl (C=O) groups is 3. The van der Waals surface area contributed by atoms with Crippen LogP contribution in [0.25, 0.3) is 0 Å². The maximum absolute atomic E-state index is 9.62. The third kappa shape index (κ3) is 432. The van der Waals surface area contributed by atoms with Crippen LogP contribution in [-0.4, -0.2) is 40.2 Å². The highest BCUT2D eigenvalue weighted by molar-refractivity contribution is 5.63. The van der Waals surface area contributed by atoms with Gasteiger partial charge in [0.25, 0.3) is 17.9 Å². The summed E-state index contributed by atoms with van der Waals surface area (Å²) in [6.07, 6.45) is 0. The highest BCUT2D eigenvalue weighted by Gasteiger charge is 1.66. The van der Waals surface area contributed by atoms with E-state index in [1.165, 1.54) is 0 Å². The van der Waals surface area contributed by atoms with Crippen LogP contribution in [0.2, 0.25) is 0 Å². The first-order chi connectivity index (χ1) is 6.61. The molecule has 0 radical (unpaired) electrons. The largest absolute Gasteiger partial charge is 0.481 e. The van der Waals surface area contributed by atoms with Gasteiger partial charge in [-0.1, -0.05) is 0 Å². The Labute approximate surface area is 85.1 Å². The van der Waals surface area contributed by atoms with E-state index >= 15 is 0 Å². The fraction of sp³-hybridized carbons (Fsp3) is 0.571. The van der Waals surface area contributed by atoms with Crippen LogP contribution in [0.5, 0.6) is 0 Å². The molecule has 6 nitrogen and oxygen atoms in total. The Morgan fingerprint density at radius 1 is 0.800 bits per heavy atom. The maximum Gasteiger partial charge on any atom is 0.300 e. The minimum absolute atomic E-state index is 0.833. The van der Waals surface area contributed by atoms with Crippen molar-refractivity contribution in [3.63, 3.8) is 0 Å². The van der Waals surface area contributed by atoms with Gasteiger partial charge >= 0.3 is 0 Å². The van der Waals surface area contributed by atoms with Gasteiger partial charge in [-0.15, -0.1) is 0 Å². The molecule has 0 aliphatic carbocycles. The molecule has 3 N–H and O–H groups in total. The molecule has 15 heavy (non-hydrogen) atoms. The normalized spacial score (nSPS) is 6.20. The van der Waals surface area contributed by atoms with E-state index in [0.717, 1.165) is 20.8 Å². The summed E-state index contributed by atoms with van der Waals surface area (Å²) < 4.78 is 19.2. The lowest BCUT2D eigenvalue weighted by Gasteiger charge is -1.59. The van der Waals surface area contributed by atoms with Gasteiger partial charge in [0.15, 0.2) is 0 Å². The lowest BCUT2D eigenvalue weighted by molar-refractivity contribution is -0.135. The van der Waals surface area contributed by atoms with Crippen LogP contribution in [0.3, 0.4) is 0 Å². The quantitative estimate of drug-likeness (QED) is 0.577. The summed E-state index contributed by atoms with van der Waals surface area (Å²) >= 11 is 0. The zero-order valence-electron chi connectivity index (χ0n) is 8.53. The first-order valence-corrected chi connectivity index (χ1v) is 3.32. The average molecular weight is 232 g/mol. The predicted octanol–water partition coefficient (Wildman–Crippen LogP) is 1.16. The van der Waals surface area contributed by atoms with Gasteiger partial charge in [0, 0.05) is 20.8 Å². The summed E-state index contributed by atoms with van der Waals surface area (Å²) in [5.74, 6) is -2.50. The van der Waals surface area contributed by atoms with Crippen molar-refractivity contribution in [2.45, 2.75) is 20.8 Å². The molecule has 0 atom stereocenters. The summed E-state index contributed by atoms with van der Waals surface area (Å²) in [6.45, 7) is 1.50. The molecule has 0 aliphatic heterocycles. The Kier molecular flexibility index (Phi) is 35.3. The van der Waals surface area contributed by atoms with E-state index in [1.54, 1.807) is 0 Å². The van der Waals surface area contributed by atoms with Crippen molar-refractivity contribution in [2.75, 3.05) is 6.93 Å². The molecule has 0 unspecified atom stereocenters. The van der Waals surface area contributed by atoms with E-state index in [4.69, 9.17) is 29.7 Å². The van der Waals surface area contributed by atoms with Crippen molar-refractivity contribution >= 4 is 17.9 Å². The summed E-state index contributed by atoms with van der Waals surface area (Å²) in [4.78, 5) is 27.0. The SMILES string of the molecule is CC(=O)O.CC(=O)O.CC(=O)O.FCF. The summed E-state index contributed by atoms with van der Waals surface area (Å²) in [5.41, 5.74) is 0. The van der Waals surface area contributed by atoms with Crippen molar-refractivity contribution in [3.05, 3.63) is 0 Å². The van der Waals surface area contributed by atoms with Crippen LogP contribution >= 0.6 is 0 Å². The summed E-state index contributed by atoms with van der Waals surface area (Å²) in [5, 5.41) is 22.2. The number of halogens is 2. The van der Waals surface area contributed by atoms with E-state index in [9.17, 15) is 8.78 Å². The van der Waals surface area contributed by atoms with Gasteiger partial charge in [-0.25, -0.2) is 8.78 Å². The predicted molar refractivity (Wildman–Crippen MR) is 47.0 cm³/mol. The molecule has 0 saturated carbocycles. The van der Waals surface area contributed by atoms with E-state index in [-0.39, 0.29) is 0 Å². The van der Waals surface area contributed by atoms with Crippen molar-refractivity contribution in [1.82, 2.24) is 0 Å². The molecule has 0 rings (SSSR count). The molecule has 0 saturated heterocycles. The van der Waals surface area contributed by atoms with Crippen LogP contribution in [0.1, 0.15) is 20.8 Å². The molecule has 0 heterocycles. The lowest BCUT2D eigenvalue weighted by Crippen LogP contribution is -1.78. The molecule has 0 amide bonds. The highest BCUT2D eigenvalue weighted by atomic mass is 19.3. The number of hydrogen-bond donors (Lipinski definition) is 3. The van der Waals surface area contributed by atoms with E-state index in [1.807, 2.05) is 0 Å². The maximum atomic E-state index is 9.62. The fourth-order valence-corrected chi connectivity index (χ4v) is 0. The van der Waals surface area contributed by atoms with Gasteiger partial charge in [0.1, 0.15) is 0 Å². The van der Waals surface area contributed by atoms with Gasteiger partial charge in [-0.05, 0) is 0 Å². The van der Waals surface area contributed by atoms with Crippen molar-refractivity contribution in [1.29, 1.82) is 0 Å². The first-order valence-electron chi connectivity index (χ1n) is 3.32. The zero-order chi connectivity index (χ0) is 13.4. The molecular weight excluding hydrogens is 218 g/mol. The second kappa shape index (κ2) is 22.8. The van der Waals surface area contributed by atoms with Gasteiger partial charge in [-0.2, -0.15) is 0 Å². The third-order valence-corrected chi connectivity index (χ3v) is 0. The molecule has 0 bridgehead atoms. The minimum atomic E-state index is -1.75. The van der Waals surface area contributed by atoms with E-state index < -0.39 is 24.8 Å². The molecule has 0 aromatic heterocycles. The Balaban J connectivity index is -0.0000000542. The molecule has 0 aromatic rings. The second-order valence-electron chi connectivity index (χ2n) is 1.66. The number of alkyl halides is 2. The van der Waals surface area contributed by atoms with E-state index in [2.05, 4.69) is 0 Å². The van der Waals surface area contributed by atoms with Crippen LogP contribution < -0.4 is 0 Å². The number of carboxylic acid groups (broad SMARTS) is 3. The fourth-order valence-electron chi connectivity index (χ4n) is 0. The molecule has 0 spiro atoms. The monoisotopic (exact) mass is 232 g/mol. The standard InChI is InChI=1S/3C2H4O2.CH2F2/c3*1-2(3)4;2-1-3/h3*1H3,(H,3,4);1H2. The van der Waals surface area contributed by atoms with Crippen LogP contribution in [-0.2, 0) is 14.4 Å². The second-order valence-corrected chi connectivity index (χ2v) is 1.66. The third-order valence-electron chi connectivity index (χ3n) is 0. The van der Waals surface area contributed by atoms with Crippen molar-refractivity contribution in [2.24, 2.45) is 0 Å². The number of aliphatic carboxylic acids is 3. The summed E-state index contributed by atoms with van der Waals surface area (Å²) in [6, 6.07) is 0. The zero-order valence-corrected chi connectivity index (χ0v) is 8.53. The summed E-state index contributed by atoms with van der Waals surface area (Å²) in [7, 11) is 0. The van der Waals surface area contributed by atoms with Gasteiger partial charge < -0.3 is 15.3 Å². The smallest absolute Gasteiger partial charge is 0.300 e. The number of carboxylic acids is 3. The Morgan fingerprint density at radius 2 is 0.800 bits per heavy atom. The Morgan fingerprint density at radius 3 is 0.800 bits per heavy atom. The van der Waals surface area contributed by atoms with Gasteiger partial charge in [0.2, 0.25) is 6.93 Å². The Hall–Kier alpha value is -1.73. The minimum Gasteiger partial charge on any atom is -0.481 e. The molecule has 0 aromatic carbocycles. The van der Waals surface area contributed by atoms with E-state index in [0.29, 0.717) is 0 Å². The molecular formula is C7H14F2O6. The molecule has 8 heteroatoms. The molecule has 0 fully saturated rings. The van der Waals surface area contributed by atoms with Gasteiger partial charge in [-0.3, -0.25) is 14.4 Å². The topological polar surface area (TPSA) is 112 Å². The number of hydrogen-bond acceptors (Lipinski definition) is 3. The number of rotatable bonds is 0. The molecule has 92 valence electrons. The Bertz CT molecular complexity index is 130. The van der Waals surface area contributed by atoms with Crippen LogP contribution in [0.4, 0.5) is 8.78 Å². The molecule has 0 aliphatic rings. The van der Waals surface area contributed by atoms with Crippen LogP contribution in [0, 0.1) is 0 Å². The highest BCUT2D eigenvalue weighted by Crippen LogP contribution is 1.56. The van der Waals surface area contributed by atoms with Crippen molar-refractivity contribution < 1.29 is 38.5 Å².